The van der Waals surface area contributed by atoms with E-state index in [4.69, 9.17) is 16.3 Å². The molecule has 2 rings (SSSR count). The predicted octanol–water partition coefficient (Wildman–Crippen LogP) is 4.10. The standard InChI is InChI=1S/C20H20ClNO4/c1-13-7-8-14(2)15(11-13)18(23)9-10-20(25)26-12-19(24)22-17-6-4-3-5-16(17)21/h3-8,11H,9-10,12H2,1-2H3,(H,22,24). The van der Waals surface area contributed by atoms with Crippen molar-refractivity contribution in [2.75, 3.05) is 11.9 Å². The first kappa shape index (κ1) is 19.7. The van der Waals surface area contributed by atoms with Gasteiger partial charge in [0.15, 0.2) is 12.4 Å². The van der Waals surface area contributed by atoms with Gasteiger partial charge in [-0.05, 0) is 37.6 Å². The lowest BCUT2D eigenvalue weighted by Crippen LogP contribution is -2.21. The third-order valence-corrected chi connectivity index (χ3v) is 4.09. The number of halogens is 1. The molecule has 2 aromatic rings. The second-order valence-corrected chi connectivity index (χ2v) is 6.34. The number of amides is 1. The summed E-state index contributed by atoms with van der Waals surface area (Å²) in [7, 11) is 0. The van der Waals surface area contributed by atoms with Gasteiger partial charge in [-0.1, -0.05) is 41.4 Å². The smallest absolute Gasteiger partial charge is 0.306 e. The van der Waals surface area contributed by atoms with E-state index in [0.29, 0.717) is 16.3 Å². The second kappa shape index (κ2) is 9.15. The average Bonchev–Trinajstić information content (AvgIpc) is 2.62. The Labute approximate surface area is 157 Å². The van der Waals surface area contributed by atoms with Crippen molar-refractivity contribution in [3.8, 4) is 0 Å². The van der Waals surface area contributed by atoms with Gasteiger partial charge in [-0.15, -0.1) is 0 Å². The minimum absolute atomic E-state index is 0.0370. The second-order valence-electron chi connectivity index (χ2n) is 5.93. The van der Waals surface area contributed by atoms with E-state index in [2.05, 4.69) is 5.32 Å². The molecule has 5 nitrogen and oxygen atoms in total. The highest BCUT2D eigenvalue weighted by molar-refractivity contribution is 6.33. The van der Waals surface area contributed by atoms with E-state index < -0.39 is 18.5 Å². The molecule has 0 aliphatic heterocycles. The minimum Gasteiger partial charge on any atom is -0.456 e. The van der Waals surface area contributed by atoms with Crippen LogP contribution in [-0.2, 0) is 14.3 Å². The molecule has 0 aliphatic carbocycles. The van der Waals surface area contributed by atoms with Crippen molar-refractivity contribution in [3.05, 3.63) is 64.2 Å². The number of esters is 1. The number of hydrogen-bond donors (Lipinski definition) is 1. The van der Waals surface area contributed by atoms with Crippen molar-refractivity contribution in [1.82, 2.24) is 0 Å². The van der Waals surface area contributed by atoms with Crippen LogP contribution in [0.2, 0.25) is 5.02 Å². The van der Waals surface area contributed by atoms with Crippen LogP contribution in [0.1, 0.15) is 34.3 Å². The molecule has 0 aliphatic rings. The lowest BCUT2D eigenvalue weighted by molar-refractivity contribution is -0.147. The van der Waals surface area contributed by atoms with Crippen LogP contribution in [0.4, 0.5) is 5.69 Å². The molecule has 136 valence electrons. The van der Waals surface area contributed by atoms with Crippen molar-refractivity contribution >= 4 is 34.9 Å². The summed E-state index contributed by atoms with van der Waals surface area (Å²) in [5.41, 5.74) is 2.90. The van der Waals surface area contributed by atoms with Crippen molar-refractivity contribution in [1.29, 1.82) is 0 Å². The number of carbonyl (C=O) groups excluding carboxylic acids is 3. The minimum atomic E-state index is -0.599. The summed E-state index contributed by atoms with van der Waals surface area (Å²) in [5, 5.41) is 2.95. The number of hydrogen-bond acceptors (Lipinski definition) is 4. The maximum Gasteiger partial charge on any atom is 0.306 e. The molecule has 0 bridgehead atoms. The Morgan fingerprint density at radius 3 is 2.50 bits per heavy atom. The Bertz CT molecular complexity index is 832. The molecular formula is C20H20ClNO4. The van der Waals surface area contributed by atoms with Crippen molar-refractivity contribution in [2.24, 2.45) is 0 Å². The predicted molar refractivity (Wildman–Crippen MR) is 101 cm³/mol. The van der Waals surface area contributed by atoms with Gasteiger partial charge in [-0.2, -0.15) is 0 Å². The number of nitrogens with one attached hydrogen (secondary N) is 1. The summed E-state index contributed by atoms with van der Waals surface area (Å²) in [6.45, 7) is 3.33. The highest BCUT2D eigenvalue weighted by Gasteiger charge is 2.14. The molecule has 1 N–H and O–H groups in total. The topological polar surface area (TPSA) is 72.5 Å². The number of ketones is 1. The van der Waals surface area contributed by atoms with E-state index >= 15 is 0 Å². The summed E-state index contributed by atoms with van der Waals surface area (Å²) in [6, 6.07) is 12.4. The highest BCUT2D eigenvalue weighted by atomic mass is 35.5. The molecule has 0 saturated carbocycles. The summed E-state index contributed by atoms with van der Waals surface area (Å²) < 4.78 is 4.91. The van der Waals surface area contributed by atoms with E-state index in [-0.39, 0.29) is 18.6 Å². The fourth-order valence-corrected chi connectivity index (χ4v) is 2.54. The molecule has 0 saturated heterocycles. The Hall–Kier alpha value is -2.66. The number of para-hydroxylation sites is 1. The zero-order chi connectivity index (χ0) is 19.1. The summed E-state index contributed by atoms with van der Waals surface area (Å²) in [6.07, 6.45) is -0.0408. The number of rotatable bonds is 7. The maximum absolute atomic E-state index is 12.2. The van der Waals surface area contributed by atoms with Crippen LogP contribution in [-0.4, -0.2) is 24.3 Å². The van der Waals surface area contributed by atoms with E-state index in [1.807, 2.05) is 26.0 Å². The molecule has 0 aromatic heterocycles. The van der Waals surface area contributed by atoms with Crippen molar-refractivity contribution in [3.63, 3.8) is 0 Å². The van der Waals surface area contributed by atoms with Gasteiger partial charge < -0.3 is 10.1 Å². The van der Waals surface area contributed by atoms with Gasteiger partial charge in [0.05, 0.1) is 17.1 Å². The van der Waals surface area contributed by atoms with Crippen LogP contribution in [0.3, 0.4) is 0 Å². The summed E-state index contributed by atoms with van der Waals surface area (Å²) in [5.74, 6) is -1.21. The molecule has 0 atom stereocenters. The lowest BCUT2D eigenvalue weighted by atomic mass is 9.99. The van der Waals surface area contributed by atoms with Gasteiger partial charge in [0.25, 0.3) is 5.91 Å². The molecular weight excluding hydrogens is 354 g/mol. The SMILES string of the molecule is Cc1ccc(C)c(C(=O)CCC(=O)OCC(=O)Nc2ccccc2Cl)c1. The van der Waals surface area contributed by atoms with E-state index in [9.17, 15) is 14.4 Å². The molecule has 0 heterocycles. The van der Waals surface area contributed by atoms with Gasteiger partial charge in [-0.25, -0.2) is 0 Å². The third-order valence-electron chi connectivity index (χ3n) is 3.76. The fourth-order valence-electron chi connectivity index (χ4n) is 2.35. The zero-order valence-corrected chi connectivity index (χ0v) is 15.4. The van der Waals surface area contributed by atoms with Crippen LogP contribution in [0.15, 0.2) is 42.5 Å². The van der Waals surface area contributed by atoms with Crippen LogP contribution in [0, 0.1) is 13.8 Å². The first-order chi connectivity index (χ1) is 12.4. The zero-order valence-electron chi connectivity index (χ0n) is 14.7. The van der Waals surface area contributed by atoms with Gasteiger partial charge in [-0.3, -0.25) is 14.4 Å². The first-order valence-corrected chi connectivity index (χ1v) is 8.55. The normalized spacial score (nSPS) is 10.3. The van der Waals surface area contributed by atoms with Gasteiger partial charge in [0, 0.05) is 12.0 Å². The monoisotopic (exact) mass is 373 g/mol. The third kappa shape index (κ3) is 5.70. The van der Waals surface area contributed by atoms with Crippen LogP contribution >= 0.6 is 11.6 Å². The Morgan fingerprint density at radius 2 is 1.77 bits per heavy atom. The molecule has 0 fully saturated rings. The molecule has 1 amide bonds. The average molecular weight is 374 g/mol. The van der Waals surface area contributed by atoms with Crippen LogP contribution in [0.5, 0.6) is 0 Å². The van der Waals surface area contributed by atoms with Gasteiger partial charge in [0.1, 0.15) is 0 Å². The molecule has 0 unspecified atom stereocenters. The van der Waals surface area contributed by atoms with Crippen LogP contribution in [0.25, 0.3) is 0 Å². The van der Waals surface area contributed by atoms with Crippen molar-refractivity contribution in [2.45, 2.75) is 26.7 Å². The summed E-state index contributed by atoms with van der Waals surface area (Å²) in [4.78, 5) is 35.8. The van der Waals surface area contributed by atoms with E-state index in [1.54, 1.807) is 30.3 Å². The van der Waals surface area contributed by atoms with Gasteiger partial charge >= 0.3 is 5.97 Å². The number of benzene rings is 2. The number of carbonyl (C=O) groups is 3. The van der Waals surface area contributed by atoms with Gasteiger partial charge in [0.2, 0.25) is 0 Å². The fraction of sp³-hybridized carbons (Fsp3) is 0.250. The van der Waals surface area contributed by atoms with Crippen molar-refractivity contribution < 1.29 is 19.1 Å². The number of anilines is 1. The maximum atomic E-state index is 12.2. The quantitative estimate of drug-likeness (QED) is 0.585. The Balaban J connectivity index is 1.78. The molecule has 26 heavy (non-hydrogen) atoms. The Morgan fingerprint density at radius 1 is 1.04 bits per heavy atom. The van der Waals surface area contributed by atoms with Crippen LogP contribution < -0.4 is 5.32 Å². The van der Waals surface area contributed by atoms with E-state index in [0.717, 1.165) is 11.1 Å². The summed E-state index contributed by atoms with van der Waals surface area (Å²) >= 11 is 5.94. The Kier molecular flexibility index (Phi) is 6.92. The van der Waals surface area contributed by atoms with E-state index in [1.165, 1.54) is 0 Å². The first-order valence-electron chi connectivity index (χ1n) is 8.17. The highest BCUT2D eigenvalue weighted by Crippen LogP contribution is 2.20. The lowest BCUT2D eigenvalue weighted by Gasteiger charge is -2.08. The number of Topliss-reactive ketones (excluding diaryl/α,β-unsaturated/α-hetero) is 1. The number of ether oxygens (including phenoxy) is 1. The number of aryl methyl sites for hydroxylation is 2. The molecule has 0 radical (unpaired) electrons. The molecule has 2 aromatic carbocycles. The largest absolute Gasteiger partial charge is 0.456 e. The molecule has 6 heteroatoms. The molecule has 0 spiro atoms.